The summed E-state index contributed by atoms with van der Waals surface area (Å²) in [5.74, 6) is 2.79. The van der Waals surface area contributed by atoms with Crippen LogP contribution < -0.4 is 19.7 Å². The minimum Gasteiger partial charge on any atom is -0.486 e. The van der Waals surface area contributed by atoms with Crippen LogP contribution in [0.5, 0.6) is 11.5 Å². The number of nitrogens with zero attached hydrogens (tertiary/aromatic N) is 4. The number of carbonyl (C=O) groups is 1. The Morgan fingerprint density at radius 1 is 1.07 bits per heavy atom. The van der Waals surface area contributed by atoms with Crippen LogP contribution in [0.1, 0.15) is 6.42 Å². The van der Waals surface area contributed by atoms with Gasteiger partial charge in [-0.3, -0.25) is 9.69 Å². The number of hydrogen-bond acceptors (Lipinski definition) is 8. The minimum absolute atomic E-state index is 0.0564. The number of nitrogens with one attached hydrogen (secondary N) is 1. The van der Waals surface area contributed by atoms with E-state index in [-0.39, 0.29) is 5.91 Å². The van der Waals surface area contributed by atoms with Crippen molar-refractivity contribution < 1.29 is 14.3 Å². The maximum Gasteiger partial charge on any atom is 0.230 e. The summed E-state index contributed by atoms with van der Waals surface area (Å²) in [6.07, 6.45) is 4.51. The fourth-order valence-electron chi connectivity index (χ4n) is 3.47. The Morgan fingerprint density at radius 2 is 1.83 bits per heavy atom. The van der Waals surface area contributed by atoms with Crippen LogP contribution in [0.4, 0.5) is 5.95 Å². The second kappa shape index (κ2) is 10.5. The molecule has 8 nitrogen and oxygen atoms in total. The number of benzene rings is 1. The van der Waals surface area contributed by atoms with Gasteiger partial charge in [0.15, 0.2) is 11.5 Å². The van der Waals surface area contributed by atoms with Crippen LogP contribution in [0, 0.1) is 0 Å². The van der Waals surface area contributed by atoms with Gasteiger partial charge in [-0.1, -0.05) is 0 Å². The Bertz CT molecular complexity index is 831. The van der Waals surface area contributed by atoms with E-state index in [0.717, 1.165) is 61.5 Å². The summed E-state index contributed by atoms with van der Waals surface area (Å²) in [5, 5.41) is 3.02. The number of rotatable bonds is 8. The lowest BCUT2D eigenvalue weighted by Crippen LogP contribution is -2.47. The van der Waals surface area contributed by atoms with E-state index in [2.05, 4.69) is 25.1 Å². The van der Waals surface area contributed by atoms with Crippen LogP contribution in [0.25, 0.3) is 0 Å². The van der Waals surface area contributed by atoms with E-state index >= 15 is 0 Å². The molecule has 9 heteroatoms. The van der Waals surface area contributed by atoms with Crippen LogP contribution in [0.3, 0.4) is 0 Å². The Labute approximate surface area is 181 Å². The lowest BCUT2D eigenvalue weighted by Gasteiger charge is -2.34. The van der Waals surface area contributed by atoms with E-state index in [9.17, 15) is 4.79 Å². The van der Waals surface area contributed by atoms with Crippen molar-refractivity contribution >= 4 is 23.6 Å². The monoisotopic (exact) mass is 429 g/mol. The first-order chi connectivity index (χ1) is 14.8. The van der Waals surface area contributed by atoms with Gasteiger partial charge < -0.3 is 19.7 Å². The third-order valence-electron chi connectivity index (χ3n) is 5.06. The molecule has 0 spiro atoms. The molecule has 30 heavy (non-hydrogen) atoms. The number of fused-ring (bicyclic) bond motifs is 1. The first-order valence-electron chi connectivity index (χ1n) is 10.3. The largest absolute Gasteiger partial charge is 0.486 e. The second-order valence-corrected chi connectivity index (χ2v) is 8.22. The van der Waals surface area contributed by atoms with Crippen LogP contribution in [-0.4, -0.2) is 79.0 Å². The average molecular weight is 430 g/mol. The van der Waals surface area contributed by atoms with Gasteiger partial charge in [0, 0.05) is 50.0 Å². The molecular weight excluding hydrogens is 402 g/mol. The number of ether oxygens (including phenoxy) is 2. The lowest BCUT2D eigenvalue weighted by atomic mass is 10.3. The number of piperazine rings is 1. The van der Waals surface area contributed by atoms with Gasteiger partial charge in [-0.2, -0.15) is 0 Å². The molecule has 1 fully saturated rings. The Morgan fingerprint density at radius 3 is 2.63 bits per heavy atom. The highest BCUT2D eigenvalue weighted by atomic mass is 32.2. The van der Waals surface area contributed by atoms with E-state index in [1.807, 2.05) is 24.3 Å². The predicted octanol–water partition coefficient (Wildman–Crippen LogP) is 1.67. The molecule has 3 heterocycles. The molecule has 0 aliphatic carbocycles. The number of aromatic nitrogens is 2. The van der Waals surface area contributed by atoms with Crippen LogP contribution >= 0.6 is 11.8 Å². The standard InChI is InChI=1S/C21H27N5O3S/c27-20(16-30-17-3-4-18-19(15-17)29-14-13-28-18)22-7-2-8-25-9-11-26(12-10-25)21-23-5-1-6-24-21/h1,3-6,15H,2,7-14,16H2,(H,22,27). The molecule has 0 unspecified atom stereocenters. The Kier molecular flexibility index (Phi) is 7.25. The highest BCUT2D eigenvalue weighted by Crippen LogP contribution is 2.34. The van der Waals surface area contributed by atoms with Crippen molar-refractivity contribution in [1.82, 2.24) is 20.2 Å². The molecule has 1 aromatic heterocycles. The molecule has 1 aromatic carbocycles. The molecule has 1 saturated heterocycles. The summed E-state index contributed by atoms with van der Waals surface area (Å²) in [4.78, 5) is 26.4. The van der Waals surface area contributed by atoms with Crippen LogP contribution in [-0.2, 0) is 4.79 Å². The Hall–Kier alpha value is -2.52. The number of anilines is 1. The molecule has 2 aromatic rings. The third-order valence-corrected chi connectivity index (χ3v) is 6.06. The molecule has 160 valence electrons. The molecule has 0 radical (unpaired) electrons. The fraction of sp³-hybridized carbons (Fsp3) is 0.476. The van der Waals surface area contributed by atoms with Crippen molar-refractivity contribution in [3.8, 4) is 11.5 Å². The first kappa shape index (κ1) is 20.7. The van der Waals surface area contributed by atoms with Crippen LogP contribution in [0.15, 0.2) is 41.6 Å². The quantitative estimate of drug-likeness (QED) is 0.502. The summed E-state index contributed by atoms with van der Waals surface area (Å²) in [6, 6.07) is 7.64. The molecule has 4 rings (SSSR count). The van der Waals surface area contributed by atoms with Crippen molar-refractivity contribution in [1.29, 1.82) is 0 Å². The van der Waals surface area contributed by atoms with E-state index in [1.54, 1.807) is 12.4 Å². The number of hydrogen-bond donors (Lipinski definition) is 1. The maximum absolute atomic E-state index is 12.1. The molecule has 2 aliphatic heterocycles. The molecule has 2 aliphatic rings. The Balaban J connectivity index is 1.09. The zero-order valence-electron chi connectivity index (χ0n) is 17.0. The summed E-state index contributed by atoms with van der Waals surface area (Å²) in [7, 11) is 0. The number of amides is 1. The molecule has 1 amide bonds. The van der Waals surface area contributed by atoms with Crippen molar-refractivity contribution in [2.75, 3.05) is 63.1 Å². The second-order valence-electron chi connectivity index (χ2n) is 7.18. The predicted molar refractivity (Wildman–Crippen MR) is 116 cm³/mol. The van der Waals surface area contributed by atoms with Gasteiger partial charge in [-0.25, -0.2) is 9.97 Å². The van der Waals surface area contributed by atoms with Gasteiger partial charge in [0.2, 0.25) is 11.9 Å². The van der Waals surface area contributed by atoms with Gasteiger partial charge >= 0.3 is 0 Å². The molecule has 0 atom stereocenters. The van der Waals surface area contributed by atoms with Gasteiger partial charge in [0.25, 0.3) is 0 Å². The molecule has 0 bridgehead atoms. The number of carbonyl (C=O) groups excluding carboxylic acids is 1. The van der Waals surface area contributed by atoms with Crippen molar-refractivity contribution in [2.24, 2.45) is 0 Å². The molecule has 0 saturated carbocycles. The van der Waals surface area contributed by atoms with Gasteiger partial charge in [-0.05, 0) is 37.2 Å². The normalized spacial score (nSPS) is 16.3. The zero-order valence-corrected chi connectivity index (χ0v) is 17.8. The highest BCUT2D eigenvalue weighted by molar-refractivity contribution is 8.00. The van der Waals surface area contributed by atoms with Gasteiger partial charge in [0.05, 0.1) is 5.75 Å². The minimum atomic E-state index is 0.0564. The zero-order chi connectivity index (χ0) is 20.6. The third kappa shape index (κ3) is 5.76. The van der Waals surface area contributed by atoms with E-state index < -0.39 is 0 Å². The fourth-order valence-corrected chi connectivity index (χ4v) is 4.22. The maximum atomic E-state index is 12.1. The smallest absolute Gasteiger partial charge is 0.230 e. The van der Waals surface area contributed by atoms with E-state index in [0.29, 0.717) is 25.5 Å². The molecule has 1 N–H and O–H groups in total. The summed E-state index contributed by atoms with van der Waals surface area (Å²) in [5.41, 5.74) is 0. The van der Waals surface area contributed by atoms with E-state index in [1.165, 1.54) is 11.8 Å². The van der Waals surface area contributed by atoms with Crippen molar-refractivity contribution in [3.05, 3.63) is 36.7 Å². The summed E-state index contributed by atoms with van der Waals surface area (Å²) < 4.78 is 11.1. The van der Waals surface area contributed by atoms with Crippen molar-refractivity contribution in [2.45, 2.75) is 11.3 Å². The van der Waals surface area contributed by atoms with E-state index in [4.69, 9.17) is 9.47 Å². The summed E-state index contributed by atoms with van der Waals surface area (Å²) >= 11 is 1.51. The van der Waals surface area contributed by atoms with Gasteiger partial charge in [-0.15, -0.1) is 11.8 Å². The SMILES string of the molecule is O=C(CSc1ccc2c(c1)OCCO2)NCCCN1CCN(c2ncccn2)CC1. The van der Waals surface area contributed by atoms with Crippen molar-refractivity contribution in [3.63, 3.8) is 0 Å². The average Bonchev–Trinajstić information content (AvgIpc) is 2.81. The highest BCUT2D eigenvalue weighted by Gasteiger charge is 2.18. The number of thioether (sulfide) groups is 1. The van der Waals surface area contributed by atoms with Gasteiger partial charge in [0.1, 0.15) is 13.2 Å². The van der Waals surface area contributed by atoms with Crippen LogP contribution in [0.2, 0.25) is 0 Å². The first-order valence-corrected chi connectivity index (χ1v) is 11.3. The summed E-state index contributed by atoms with van der Waals surface area (Å²) in [6.45, 7) is 6.68. The topological polar surface area (TPSA) is 79.8 Å². The lowest BCUT2D eigenvalue weighted by molar-refractivity contribution is -0.118. The molecular formula is C21H27N5O3S.